The van der Waals surface area contributed by atoms with Crippen molar-refractivity contribution < 1.29 is 14.9 Å². The van der Waals surface area contributed by atoms with Gasteiger partial charge in [-0.25, -0.2) is 0 Å². The smallest absolute Gasteiger partial charge is 0.123 e. The van der Waals surface area contributed by atoms with Gasteiger partial charge in [0.15, 0.2) is 0 Å². The molecule has 0 heterocycles. The first-order valence-corrected chi connectivity index (χ1v) is 6.57. The minimum Gasteiger partial charge on any atom is -0.490 e. The van der Waals surface area contributed by atoms with Gasteiger partial charge in [-0.3, -0.25) is 0 Å². The lowest BCUT2D eigenvalue weighted by Crippen LogP contribution is -2.37. The van der Waals surface area contributed by atoms with Crippen LogP contribution in [0.4, 0.5) is 0 Å². The molecule has 0 spiro atoms. The predicted molar refractivity (Wildman–Crippen MR) is 70.7 cm³/mol. The third-order valence-electron chi connectivity index (χ3n) is 3.96. The largest absolute Gasteiger partial charge is 0.490 e. The lowest BCUT2D eigenvalue weighted by Gasteiger charge is -2.28. The normalized spacial score (nSPS) is 21.8. The van der Waals surface area contributed by atoms with E-state index in [2.05, 4.69) is 0 Å². The number of hydrogen-bond donors (Lipinski definition) is 2. The maximum absolute atomic E-state index is 10.2. The van der Waals surface area contributed by atoms with Gasteiger partial charge in [0, 0.05) is 5.56 Å². The number of aliphatic hydroxyl groups excluding tert-OH is 1. The minimum absolute atomic E-state index is 0.139. The molecule has 1 aromatic carbocycles. The van der Waals surface area contributed by atoms with Crippen molar-refractivity contribution in [3.63, 3.8) is 0 Å². The monoisotopic (exact) mass is 250 g/mol. The maximum Gasteiger partial charge on any atom is 0.123 e. The molecule has 1 aromatic rings. The Bertz CT molecular complexity index is 424. The highest BCUT2D eigenvalue weighted by Gasteiger charge is 2.28. The van der Waals surface area contributed by atoms with Crippen molar-refractivity contribution >= 4 is 0 Å². The summed E-state index contributed by atoms with van der Waals surface area (Å²) in [5, 5.41) is 20.0. The van der Waals surface area contributed by atoms with Crippen LogP contribution in [-0.2, 0) is 6.42 Å². The molecule has 1 aliphatic rings. The van der Waals surface area contributed by atoms with Crippen LogP contribution in [0.3, 0.4) is 0 Å². The molecular formula is C15H22O3. The lowest BCUT2D eigenvalue weighted by atomic mass is 9.94. The van der Waals surface area contributed by atoms with E-state index in [1.54, 1.807) is 6.92 Å². The van der Waals surface area contributed by atoms with Gasteiger partial charge in [-0.05, 0) is 37.3 Å². The fraction of sp³-hybridized carbons (Fsp3) is 0.600. The standard InChI is InChI=1S/C15H22O3/c1-10(2)15(3,17)9-18-14-6-4-5-11-12(14)7-8-13(11)16/h4-6,10,13,16-17H,7-9H2,1-3H3. The fourth-order valence-electron chi connectivity index (χ4n) is 2.12. The fourth-order valence-corrected chi connectivity index (χ4v) is 2.12. The summed E-state index contributed by atoms with van der Waals surface area (Å²) >= 11 is 0. The second-order valence-electron chi connectivity index (χ2n) is 5.68. The molecule has 0 saturated heterocycles. The Kier molecular flexibility index (Phi) is 3.64. The molecule has 0 bridgehead atoms. The zero-order chi connectivity index (χ0) is 13.3. The van der Waals surface area contributed by atoms with E-state index in [1.807, 2.05) is 32.0 Å². The van der Waals surface area contributed by atoms with Crippen molar-refractivity contribution in [2.75, 3.05) is 6.61 Å². The molecule has 3 nitrogen and oxygen atoms in total. The van der Waals surface area contributed by atoms with Crippen molar-refractivity contribution in [2.45, 2.75) is 45.3 Å². The molecule has 2 atom stereocenters. The molecule has 2 N–H and O–H groups in total. The van der Waals surface area contributed by atoms with Crippen molar-refractivity contribution in [2.24, 2.45) is 5.92 Å². The maximum atomic E-state index is 10.2. The first-order valence-electron chi connectivity index (χ1n) is 6.57. The van der Waals surface area contributed by atoms with Crippen LogP contribution in [0.1, 0.15) is 44.4 Å². The highest BCUT2D eigenvalue weighted by Crippen LogP contribution is 2.37. The van der Waals surface area contributed by atoms with E-state index >= 15 is 0 Å². The predicted octanol–water partition coefficient (Wildman–Crippen LogP) is 2.45. The molecule has 0 amide bonds. The summed E-state index contributed by atoms with van der Waals surface area (Å²) in [6.45, 7) is 6.01. The summed E-state index contributed by atoms with van der Waals surface area (Å²) in [6.07, 6.45) is 1.24. The SMILES string of the molecule is CC(C)C(C)(O)COc1cccc2c1CCC2O. The average Bonchev–Trinajstić information content (AvgIpc) is 2.69. The Balaban J connectivity index is 2.12. The highest BCUT2D eigenvalue weighted by atomic mass is 16.5. The van der Waals surface area contributed by atoms with E-state index in [0.29, 0.717) is 0 Å². The van der Waals surface area contributed by atoms with E-state index < -0.39 is 5.60 Å². The van der Waals surface area contributed by atoms with Crippen molar-refractivity contribution in [1.82, 2.24) is 0 Å². The number of hydrogen-bond acceptors (Lipinski definition) is 3. The second-order valence-corrected chi connectivity index (χ2v) is 5.68. The molecule has 2 rings (SSSR count). The number of benzene rings is 1. The van der Waals surface area contributed by atoms with Crippen molar-refractivity contribution in [3.8, 4) is 5.75 Å². The van der Waals surface area contributed by atoms with Crippen LogP contribution >= 0.6 is 0 Å². The number of ether oxygens (including phenoxy) is 1. The lowest BCUT2D eigenvalue weighted by molar-refractivity contribution is -0.0268. The van der Waals surface area contributed by atoms with Crippen LogP contribution in [-0.4, -0.2) is 22.4 Å². The average molecular weight is 250 g/mol. The Morgan fingerprint density at radius 2 is 2.17 bits per heavy atom. The molecule has 0 saturated carbocycles. The summed E-state index contributed by atoms with van der Waals surface area (Å²) in [5.74, 6) is 0.935. The molecule has 0 aromatic heterocycles. The van der Waals surface area contributed by atoms with Crippen LogP contribution in [0.2, 0.25) is 0 Å². The third kappa shape index (κ3) is 2.52. The number of rotatable bonds is 4. The van der Waals surface area contributed by atoms with Gasteiger partial charge in [-0.15, -0.1) is 0 Å². The Hall–Kier alpha value is -1.06. The van der Waals surface area contributed by atoms with Crippen LogP contribution in [0.25, 0.3) is 0 Å². The van der Waals surface area contributed by atoms with E-state index in [9.17, 15) is 10.2 Å². The Morgan fingerprint density at radius 3 is 2.83 bits per heavy atom. The van der Waals surface area contributed by atoms with Gasteiger partial charge in [0.2, 0.25) is 0 Å². The van der Waals surface area contributed by atoms with Gasteiger partial charge in [-0.1, -0.05) is 26.0 Å². The molecule has 2 unspecified atom stereocenters. The Morgan fingerprint density at radius 1 is 1.44 bits per heavy atom. The summed E-state index contributed by atoms with van der Waals surface area (Å²) in [5.41, 5.74) is 1.22. The molecule has 0 radical (unpaired) electrons. The molecule has 1 aliphatic carbocycles. The van der Waals surface area contributed by atoms with Crippen LogP contribution in [0.15, 0.2) is 18.2 Å². The first kappa shape index (κ1) is 13.4. The van der Waals surface area contributed by atoms with Gasteiger partial charge in [-0.2, -0.15) is 0 Å². The molecule has 18 heavy (non-hydrogen) atoms. The van der Waals surface area contributed by atoms with Gasteiger partial charge in [0.25, 0.3) is 0 Å². The van der Waals surface area contributed by atoms with Gasteiger partial charge < -0.3 is 14.9 Å². The quantitative estimate of drug-likeness (QED) is 0.863. The summed E-state index contributed by atoms with van der Waals surface area (Å²) in [6, 6.07) is 5.75. The van der Waals surface area contributed by atoms with E-state index in [0.717, 1.165) is 29.7 Å². The van der Waals surface area contributed by atoms with Crippen molar-refractivity contribution in [3.05, 3.63) is 29.3 Å². The van der Waals surface area contributed by atoms with Gasteiger partial charge in [0.1, 0.15) is 12.4 Å². The zero-order valence-corrected chi connectivity index (χ0v) is 11.3. The zero-order valence-electron chi connectivity index (χ0n) is 11.3. The van der Waals surface area contributed by atoms with E-state index in [1.165, 1.54) is 0 Å². The minimum atomic E-state index is -0.833. The molecule has 100 valence electrons. The Labute approximate surface area is 108 Å². The number of aliphatic hydroxyl groups is 2. The second kappa shape index (κ2) is 4.90. The summed E-state index contributed by atoms with van der Waals surface area (Å²) in [4.78, 5) is 0. The highest BCUT2D eigenvalue weighted by molar-refractivity contribution is 5.44. The van der Waals surface area contributed by atoms with Crippen LogP contribution in [0.5, 0.6) is 5.75 Å². The van der Waals surface area contributed by atoms with Crippen LogP contribution < -0.4 is 4.74 Å². The number of fused-ring (bicyclic) bond motifs is 1. The van der Waals surface area contributed by atoms with Gasteiger partial charge >= 0.3 is 0 Å². The molecule has 3 heteroatoms. The summed E-state index contributed by atoms with van der Waals surface area (Å²) < 4.78 is 5.76. The van der Waals surface area contributed by atoms with E-state index in [-0.39, 0.29) is 18.6 Å². The molecule has 0 fully saturated rings. The third-order valence-corrected chi connectivity index (χ3v) is 3.96. The molecule has 0 aliphatic heterocycles. The van der Waals surface area contributed by atoms with Crippen molar-refractivity contribution in [1.29, 1.82) is 0 Å². The first-order chi connectivity index (χ1) is 8.42. The molecular weight excluding hydrogens is 228 g/mol. The van der Waals surface area contributed by atoms with E-state index in [4.69, 9.17) is 4.74 Å². The summed E-state index contributed by atoms with van der Waals surface area (Å²) in [7, 11) is 0. The topological polar surface area (TPSA) is 49.7 Å². The van der Waals surface area contributed by atoms with Gasteiger partial charge in [0.05, 0.1) is 11.7 Å². The van der Waals surface area contributed by atoms with Crippen LogP contribution in [0, 0.1) is 5.92 Å².